The lowest BCUT2D eigenvalue weighted by atomic mass is 10.2. The topological polar surface area (TPSA) is 42.0 Å². The number of aryl methyl sites for hydroxylation is 2. The van der Waals surface area contributed by atoms with Gasteiger partial charge in [-0.15, -0.1) is 11.3 Å². The fourth-order valence-corrected chi connectivity index (χ4v) is 2.34. The first kappa shape index (κ1) is 13.7. The molecule has 2 rings (SSSR count). The molecular weight excluding hydrogens is 263 g/mol. The molecule has 1 amide bonds. The monoisotopic (exact) mass is 278 g/mol. The molecule has 3 nitrogen and oxygen atoms in total. The zero-order valence-corrected chi connectivity index (χ0v) is 11.5. The number of rotatable bonds is 5. The Morgan fingerprint density at radius 1 is 1.42 bits per heavy atom. The summed E-state index contributed by atoms with van der Waals surface area (Å²) in [5.74, 6) is -0.383. The van der Waals surface area contributed by atoms with Gasteiger partial charge in [-0.3, -0.25) is 4.79 Å². The fourth-order valence-electron chi connectivity index (χ4n) is 1.69. The summed E-state index contributed by atoms with van der Waals surface area (Å²) >= 11 is 1.58. The second-order valence-electron chi connectivity index (χ2n) is 4.23. The lowest BCUT2D eigenvalue weighted by Crippen LogP contribution is -2.23. The Balaban J connectivity index is 1.77. The highest BCUT2D eigenvalue weighted by molar-refractivity contribution is 7.09. The van der Waals surface area contributed by atoms with Crippen molar-refractivity contribution in [1.82, 2.24) is 10.3 Å². The van der Waals surface area contributed by atoms with Gasteiger partial charge in [-0.05, 0) is 19.4 Å². The quantitative estimate of drug-likeness (QED) is 0.913. The number of nitrogens with one attached hydrogen (secondary N) is 1. The van der Waals surface area contributed by atoms with Crippen LogP contribution in [0.5, 0.6) is 0 Å². The molecule has 0 aliphatic carbocycles. The van der Waals surface area contributed by atoms with Gasteiger partial charge < -0.3 is 5.32 Å². The van der Waals surface area contributed by atoms with E-state index in [9.17, 15) is 9.18 Å². The van der Waals surface area contributed by atoms with Crippen LogP contribution in [0.4, 0.5) is 4.39 Å². The molecule has 1 aromatic carbocycles. The lowest BCUT2D eigenvalue weighted by Gasteiger charge is -2.05. The maximum Gasteiger partial charge on any atom is 0.220 e. The maximum absolute atomic E-state index is 13.3. The zero-order valence-electron chi connectivity index (χ0n) is 10.6. The Bertz CT molecular complexity index is 568. The number of hydrogen-bond acceptors (Lipinski definition) is 3. The SMILES string of the molecule is Cc1nc(CCC(=O)NCc2ccccc2F)cs1. The average molecular weight is 278 g/mol. The predicted molar refractivity (Wildman–Crippen MR) is 73.4 cm³/mol. The molecule has 1 aromatic heterocycles. The summed E-state index contributed by atoms with van der Waals surface area (Å²) in [6.07, 6.45) is 0.991. The second kappa shape index (κ2) is 6.43. The minimum absolute atomic E-state index is 0.0890. The van der Waals surface area contributed by atoms with E-state index in [1.807, 2.05) is 12.3 Å². The highest BCUT2D eigenvalue weighted by Gasteiger charge is 2.06. The third-order valence-electron chi connectivity index (χ3n) is 2.71. The standard InChI is InChI=1S/C14H15FN2OS/c1-10-17-12(9-19-10)6-7-14(18)16-8-11-4-2-3-5-13(11)15/h2-5,9H,6-8H2,1H3,(H,16,18). The largest absolute Gasteiger partial charge is 0.352 e. The number of thiazole rings is 1. The Hall–Kier alpha value is -1.75. The Kier molecular flexibility index (Phi) is 4.63. The van der Waals surface area contributed by atoms with E-state index in [0.717, 1.165) is 10.7 Å². The van der Waals surface area contributed by atoms with Gasteiger partial charge in [0, 0.05) is 23.9 Å². The molecule has 2 aromatic rings. The van der Waals surface area contributed by atoms with E-state index in [2.05, 4.69) is 10.3 Å². The van der Waals surface area contributed by atoms with E-state index in [1.165, 1.54) is 6.07 Å². The Morgan fingerprint density at radius 3 is 2.89 bits per heavy atom. The highest BCUT2D eigenvalue weighted by atomic mass is 32.1. The normalized spacial score (nSPS) is 10.4. The predicted octanol–water partition coefficient (Wildman–Crippen LogP) is 2.84. The van der Waals surface area contributed by atoms with Crippen LogP contribution in [0, 0.1) is 12.7 Å². The Morgan fingerprint density at radius 2 is 2.21 bits per heavy atom. The molecule has 0 radical (unpaired) electrons. The van der Waals surface area contributed by atoms with Crippen molar-refractivity contribution >= 4 is 17.2 Å². The van der Waals surface area contributed by atoms with Crippen LogP contribution in [0.1, 0.15) is 22.7 Å². The molecule has 0 atom stereocenters. The van der Waals surface area contributed by atoms with Gasteiger partial charge in [0.2, 0.25) is 5.91 Å². The molecule has 5 heteroatoms. The highest BCUT2D eigenvalue weighted by Crippen LogP contribution is 2.10. The van der Waals surface area contributed by atoms with Crippen LogP contribution in [-0.4, -0.2) is 10.9 Å². The van der Waals surface area contributed by atoms with E-state index in [-0.39, 0.29) is 18.3 Å². The van der Waals surface area contributed by atoms with Crippen molar-refractivity contribution in [1.29, 1.82) is 0 Å². The minimum atomic E-state index is -0.294. The lowest BCUT2D eigenvalue weighted by molar-refractivity contribution is -0.121. The second-order valence-corrected chi connectivity index (χ2v) is 5.29. The van der Waals surface area contributed by atoms with Crippen LogP contribution in [0.15, 0.2) is 29.6 Å². The van der Waals surface area contributed by atoms with Gasteiger partial charge in [0.15, 0.2) is 0 Å². The molecule has 0 spiro atoms. The number of carbonyl (C=O) groups is 1. The molecule has 0 aliphatic heterocycles. The number of carbonyl (C=O) groups excluding carboxylic acids is 1. The van der Waals surface area contributed by atoms with Crippen molar-refractivity contribution in [3.8, 4) is 0 Å². The zero-order chi connectivity index (χ0) is 13.7. The molecular formula is C14H15FN2OS. The first-order valence-corrected chi connectivity index (χ1v) is 6.94. The summed E-state index contributed by atoms with van der Waals surface area (Å²) in [4.78, 5) is 15.9. The van der Waals surface area contributed by atoms with Crippen LogP contribution >= 0.6 is 11.3 Å². The molecule has 0 saturated heterocycles. The van der Waals surface area contributed by atoms with Gasteiger partial charge in [-0.25, -0.2) is 9.37 Å². The maximum atomic E-state index is 13.3. The molecule has 0 bridgehead atoms. The smallest absolute Gasteiger partial charge is 0.220 e. The van der Waals surface area contributed by atoms with Crippen molar-refractivity contribution in [3.63, 3.8) is 0 Å². The molecule has 19 heavy (non-hydrogen) atoms. The molecule has 0 aliphatic rings. The molecule has 0 fully saturated rings. The van der Waals surface area contributed by atoms with Crippen molar-refractivity contribution in [2.75, 3.05) is 0 Å². The van der Waals surface area contributed by atoms with E-state index >= 15 is 0 Å². The summed E-state index contributed by atoms with van der Waals surface area (Å²) < 4.78 is 13.3. The first-order valence-electron chi connectivity index (χ1n) is 6.06. The summed E-state index contributed by atoms with van der Waals surface area (Å²) in [5.41, 5.74) is 1.43. The first-order chi connectivity index (χ1) is 9.15. The van der Waals surface area contributed by atoms with Gasteiger partial charge in [0.05, 0.1) is 10.7 Å². The van der Waals surface area contributed by atoms with Gasteiger partial charge in [-0.1, -0.05) is 18.2 Å². The van der Waals surface area contributed by atoms with Gasteiger partial charge in [0.25, 0.3) is 0 Å². The Labute approximate surface area is 115 Å². The minimum Gasteiger partial charge on any atom is -0.352 e. The van der Waals surface area contributed by atoms with E-state index in [1.54, 1.807) is 29.5 Å². The third-order valence-corrected chi connectivity index (χ3v) is 3.53. The fraction of sp³-hybridized carbons (Fsp3) is 0.286. The number of benzene rings is 1. The summed E-state index contributed by atoms with van der Waals surface area (Å²) in [6, 6.07) is 6.44. The third kappa shape index (κ3) is 4.13. The molecule has 1 N–H and O–H groups in total. The molecule has 1 heterocycles. The van der Waals surface area contributed by atoms with Crippen LogP contribution in [0.25, 0.3) is 0 Å². The van der Waals surface area contributed by atoms with Gasteiger partial charge >= 0.3 is 0 Å². The van der Waals surface area contributed by atoms with Crippen LogP contribution in [0.2, 0.25) is 0 Å². The summed E-state index contributed by atoms with van der Waals surface area (Å²) in [5, 5.41) is 5.67. The van der Waals surface area contributed by atoms with Crippen molar-refractivity contribution in [2.45, 2.75) is 26.3 Å². The van der Waals surface area contributed by atoms with Crippen LogP contribution in [-0.2, 0) is 17.8 Å². The number of amides is 1. The van der Waals surface area contributed by atoms with Crippen molar-refractivity contribution in [3.05, 3.63) is 51.7 Å². The summed E-state index contributed by atoms with van der Waals surface area (Å²) in [7, 11) is 0. The number of nitrogens with zero attached hydrogens (tertiary/aromatic N) is 1. The average Bonchev–Trinajstić information content (AvgIpc) is 2.81. The number of hydrogen-bond donors (Lipinski definition) is 1. The molecule has 100 valence electrons. The van der Waals surface area contributed by atoms with Crippen LogP contribution in [0.3, 0.4) is 0 Å². The van der Waals surface area contributed by atoms with E-state index in [0.29, 0.717) is 18.4 Å². The number of halogens is 1. The number of aromatic nitrogens is 1. The van der Waals surface area contributed by atoms with Crippen molar-refractivity contribution in [2.24, 2.45) is 0 Å². The van der Waals surface area contributed by atoms with E-state index < -0.39 is 0 Å². The van der Waals surface area contributed by atoms with Gasteiger partial charge in [0.1, 0.15) is 5.82 Å². The van der Waals surface area contributed by atoms with Crippen molar-refractivity contribution < 1.29 is 9.18 Å². The van der Waals surface area contributed by atoms with Gasteiger partial charge in [-0.2, -0.15) is 0 Å². The van der Waals surface area contributed by atoms with E-state index in [4.69, 9.17) is 0 Å². The molecule has 0 unspecified atom stereocenters. The summed E-state index contributed by atoms with van der Waals surface area (Å²) in [6.45, 7) is 2.16. The van der Waals surface area contributed by atoms with Crippen LogP contribution < -0.4 is 5.32 Å². The molecule has 0 saturated carbocycles.